The number of para-hydroxylation sites is 1. The van der Waals surface area contributed by atoms with Crippen LogP contribution in [0.3, 0.4) is 0 Å². The van der Waals surface area contributed by atoms with Gasteiger partial charge in [0.05, 0.1) is 11.4 Å². The smallest absolute Gasteiger partial charge is 0.509 e. The summed E-state index contributed by atoms with van der Waals surface area (Å²) in [7, 11) is 0. The molecule has 7 aromatic rings. The topological polar surface area (TPSA) is 44.9 Å². The Balaban J connectivity index is 0.00000417. The fraction of sp³-hybridized carbons (Fsp3) is 0.238. The molecule has 0 unspecified atom stereocenters. The summed E-state index contributed by atoms with van der Waals surface area (Å²) < 4.78 is 24.8. The van der Waals surface area contributed by atoms with Crippen LogP contribution in [0.2, 0.25) is 0 Å². The van der Waals surface area contributed by atoms with Crippen LogP contribution < -0.4 is 4.74 Å². The molecule has 0 aliphatic carbocycles. The first-order chi connectivity index (χ1) is 22.8. The molecule has 7 heteroatoms. The van der Waals surface area contributed by atoms with Crippen molar-refractivity contribution in [3.05, 3.63) is 132 Å². The van der Waals surface area contributed by atoms with Gasteiger partial charge in [-0.25, -0.2) is 9.37 Å². The summed E-state index contributed by atoms with van der Waals surface area (Å²) in [6.45, 7) is 17.7. The summed E-state index contributed by atoms with van der Waals surface area (Å²) in [6.07, 6.45) is 1.48. The molecule has 0 spiro atoms. The van der Waals surface area contributed by atoms with Crippen LogP contribution in [0.1, 0.15) is 64.1 Å². The Morgan fingerprint density at radius 1 is 0.714 bits per heavy atom. The van der Waals surface area contributed by atoms with E-state index in [0.717, 1.165) is 38.9 Å². The summed E-state index contributed by atoms with van der Waals surface area (Å²) >= 11 is 0. The zero-order chi connectivity index (χ0) is 34.0. The van der Waals surface area contributed by atoms with Crippen LogP contribution in [-0.2, 0) is 31.3 Å². The van der Waals surface area contributed by atoms with Gasteiger partial charge in [0.15, 0.2) is 0 Å². The third-order valence-electron chi connectivity index (χ3n) is 8.73. The fourth-order valence-corrected chi connectivity index (χ4v) is 6.68. The number of pyridine rings is 1. The van der Waals surface area contributed by atoms with E-state index in [1.165, 1.54) is 40.6 Å². The standard InChI is InChI=1S/C42H39FN4O.Pd/c1-26-13-11-14-27(2)37(26)38-39(41(3,4)5)45-47(40(38)42(6,7)8)29-15-12-16-30(24-29)48-31-19-20-33-32-17-9-10-18-34(32)46(35(33)25-31)36-23-28(43)21-22-44-36;/h9-23H,1-8H3;/q-2;+2. The molecule has 7 rings (SSSR count). The Morgan fingerprint density at radius 2 is 1.41 bits per heavy atom. The van der Waals surface area contributed by atoms with Crippen LogP contribution in [0.5, 0.6) is 11.5 Å². The van der Waals surface area contributed by atoms with Crippen molar-refractivity contribution in [2.45, 2.75) is 66.2 Å². The van der Waals surface area contributed by atoms with E-state index in [9.17, 15) is 4.39 Å². The average molecular weight is 741 g/mol. The van der Waals surface area contributed by atoms with E-state index in [4.69, 9.17) is 9.84 Å². The van der Waals surface area contributed by atoms with Gasteiger partial charge in [-0.05, 0) is 53.7 Å². The Kier molecular flexibility index (Phi) is 8.90. The maximum absolute atomic E-state index is 14.3. The first-order valence-corrected chi connectivity index (χ1v) is 16.3. The molecule has 4 aromatic carbocycles. The number of aryl methyl sites for hydroxylation is 2. The van der Waals surface area contributed by atoms with Crippen molar-refractivity contribution in [1.82, 2.24) is 19.3 Å². The predicted octanol–water partition coefficient (Wildman–Crippen LogP) is 10.8. The average Bonchev–Trinajstić information content (AvgIpc) is 3.58. The predicted molar refractivity (Wildman–Crippen MR) is 192 cm³/mol. The number of halogens is 1. The van der Waals surface area contributed by atoms with Crippen LogP contribution in [0.15, 0.2) is 91.1 Å². The van der Waals surface area contributed by atoms with Crippen LogP contribution in [0.25, 0.3) is 44.4 Å². The van der Waals surface area contributed by atoms with E-state index in [1.54, 1.807) is 0 Å². The molecule has 250 valence electrons. The first-order valence-electron chi connectivity index (χ1n) is 16.3. The molecule has 0 atom stereocenters. The van der Waals surface area contributed by atoms with Crippen molar-refractivity contribution in [2.24, 2.45) is 0 Å². The third-order valence-corrected chi connectivity index (χ3v) is 8.73. The zero-order valence-corrected chi connectivity index (χ0v) is 30.6. The van der Waals surface area contributed by atoms with Crippen LogP contribution in [0.4, 0.5) is 4.39 Å². The molecule has 0 saturated carbocycles. The molecule has 0 N–H and O–H groups in total. The molecular formula is C42H39FN4OPd. The van der Waals surface area contributed by atoms with Gasteiger partial charge in [-0.2, -0.15) is 17.2 Å². The van der Waals surface area contributed by atoms with E-state index in [-0.39, 0.29) is 37.1 Å². The summed E-state index contributed by atoms with van der Waals surface area (Å²) in [5, 5.41) is 7.32. The van der Waals surface area contributed by atoms with Crippen molar-refractivity contribution in [1.29, 1.82) is 0 Å². The molecular weight excluding hydrogens is 702 g/mol. The fourth-order valence-electron chi connectivity index (χ4n) is 6.68. The minimum absolute atomic E-state index is 0. The summed E-state index contributed by atoms with van der Waals surface area (Å²) in [6, 6.07) is 34.0. The van der Waals surface area contributed by atoms with E-state index in [2.05, 4.69) is 101 Å². The molecule has 0 aliphatic heterocycles. The third kappa shape index (κ3) is 6.23. The summed E-state index contributed by atoms with van der Waals surface area (Å²) in [5.41, 5.74) is 9.05. The number of aromatic nitrogens is 4. The van der Waals surface area contributed by atoms with Gasteiger partial charge in [-0.3, -0.25) is 4.68 Å². The molecule has 0 saturated heterocycles. The maximum atomic E-state index is 14.3. The molecule has 0 bridgehead atoms. The molecule has 0 amide bonds. The van der Waals surface area contributed by atoms with E-state index < -0.39 is 0 Å². The molecule has 3 aromatic heterocycles. The Hall–Kier alpha value is -4.57. The molecule has 0 fully saturated rings. The number of rotatable bonds is 5. The number of hydrogen-bond acceptors (Lipinski definition) is 3. The van der Waals surface area contributed by atoms with Crippen LogP contribution in [-0.4, -0.2) is 19.3 Å². The molecule has 49 heavy (non-hydrogen) atoms. The summed E-state index contributed by atoms with van der Waals surface area (Å²) in [4.78, 5) is 4.47. The maximum Gasteiger partial charge on any atom is 2.00 e. The number of hydrogen-bond donors (Lipinski definition) is 0. The van der Waals surface area contributed by atoms with Crippen molar-refractivity contribution in [3.8, 4) is 34.1 Å². The van der Waals surface area contributed by atoms with E-state index in [1.807, 2.05) is 53.1 Å². The van der Waals surface area contributed by atoms with Crippen LogP contribution >= 0.6 is 0 Å². The largest absolute Gasteiger partial charge is 2.00 e. The second-order valence-electron chi connectivity index (χ2n) is 14.5. The monoisotopic (exact) mass is 740 g/mol. The van der Waals surface area contributed by atoms with Gasteiger partial charge in [-0.1, -0.05) is 83.5 Å². The summed E-state index contributed by atoms with van der Waals surface area (Å²) in [5.74, 6) is 1.18. The Bertz CT molecular complexity index is 2320. The second-order valence-corrected chi connectivity index (χ2v) is 14.5. The molecule has 0 aliphatic rings. The molecule has 0 radical (unpaired) electrons. The van der Waals surface area contributed by atoms with Gasteiger partial charge >= 0.3 is 20.4 Å². The minimum Gasteiger partial charge on any atom is -0.509 e. The molecule has 3 heterocycles. The first kappa shape index (κ1) is 34.3. The van der Waals surface area contributed by atoms with E-state index >= 15 is 0 Å². The van der Waals surface area contributed by atoms with Crippen molar-refractivity contribution in [2.75, 3.05) is 0 Å². The SMILES string of the molecule is Cc1cccc(C)c1-c1c(C(C)(C)C)nn(-c2[c-]c(Oc3[c-]c4c(cc3)c3ccccc3n4-c3cc(F)ccn3)ccc2)c1C(C)(C)C.[Pd+2]. The number of benzene rings is 4. The zero-order valence-electron chi connectivity index (χ0n) is 29.1. The Labute approximate surface area is 301 Å². The van der Waals surface area contributed by atoms with Gasteiger partial charge < -0.3 is 9.30 Å². The molecule has 5 nitrogen and oxygen atoms in total. The Morgan fingerprint density at radius 3 is 2.10 bits per heavy atom. The van der Waals surface area contributed by atoms with Crippen molar-refractivity contribution in [3.63, 3.8) is 0 Å². The van der Waals surface area contributed by atoms with Crippen LogP contribution in [0, 0.1) is 31.8 Å². The van der Waals surface area contributed by atoms with Gasteiger partial charge in [0.25, 0.3) is 0 Å². The van der Waals surface area contributed by atoms with Gasteiger partial charge in [0.1, 0.15) is 11.6 Å². The van der Waals surface area contributed by atoms with Gasteiger partial charge in [0.2, 0.25) is 0 Å². The number of fused-ring (bicyclic) bond motifs is 3. The number of ether oxygens (including phenoxy) is 1. The number of nitrogens with zero attached hydrogens (tertiary/aromatic N) is 4. The van der Waals surface area contributed by atoms with Gasteiger partial charge in [-0.15, -0.1) is 35.7 Å². The normalized spacial score (nSPS) is 12.0. The second kappa shape index (κ2) is 12.7. The van der Waals surface area contributed by atoms with E-state index in [0.29, 0.717) is 17.3 Å². The van der Waals surface area contributed by atoms with Crippen molar-refractivity contribution >= 4 is 21.8 Å². The quantitative estimate of drug-likeness (QED) is 0.130. The van der Waals surface area contributed by atoms with Gasteiger partial charge in [0, 0.05) is 45.7 Å². The minimum atomic E-state index is -0.353. The van der Waals surface area contributed by atoms with Crippen molar-refractivity contribution < 1.29 is 29.6 Å².